The summed E-state index contributed by atoms with van der Waals surface area (Å²) >= 11 is 0. The fourth-order valence-electron chi connectivity index (χ4n) is 1.32. The minimum Gasteiger partial charge on any atom is -0.465 e. The first-order chi connectivity index (χ1) is 6.97. The van der Waals surface area contributed by atoms with Crippen molar-refractivity contribution in [2.45, 2.75) is 6.92 Å². The lowest BCUT2D eigenvalue weighted by Crippen LogP contribution is -2.08. The van der Waals surface area contributed by atoms with Gasteiger partial charge < -0.3 is 10.5 Å². The molecule has 6 heteroatoms. The Hall–Kier alpha value is -2.11. The fourth-order valence-corrected chi connectivity index (χ4v) is 1.32. The van der Waals surface area contributed by atoms with Crippen LogP contribution in [0.15, 0.2) is 12.1 Å². The minimum absolute atomic E-state index is 0.125. The molecule has 0 radical (unpaired) electrons. The highest BCUT2D eigenvalue weighted by molar-refractivity contribution is 5.95. The summed E-state index contributed by atoms with van der Waals surface area (Å²) in [6, 6.07) is 2.67. The molecule has 0 aliphatic rings. The van der Waals surface area contributed by atoms with E-state index >= 15 is 0 Å². The summed E-state index contributed by atoms with van der Waals surface area (Å²) in [4.78, 5) is 21.4. The lowest BCUT2D eigenvalue weighted by Gasteiger charge is -2.04. The fraction of sp³-hybridized carbons (Fsp3) is 0.222. The van der Waals surface area contributed by atoms with Gasteiger partial charge in [-0.05, 0) is 19.1 Å². The summed E-state index contributed by atoms with van der Waals surface area (Å²) in [7, 11) is 1.16. The van der Waals surface area contributed by atoms with E-state index in [1.807, 2.05) is 0 Å². The van der Waals surface area contributed by atoms with Crippen LogP contribution in [0.2, 0.25) is 0 Å². The van der Waals surface area contributed by atoms with Gasteiger partial charge in [0.1, 0.15) is 5.56 Å². The Morgan fingerprint density at radius 2 is 2.13 bits per heavy atom. The van der Waals surface area contributed by atoms with Crippen LogP contribution in [0.4, 0.5) is 11.4 Å². The van der Waals surface area contributed by atoms with Crippen molar-refractivity contribution < 1.29 is 14.5 Å². The number of hydrogen-bond donors (Lipinski definition) is 1. The standard InChI is InChI=1S/C9H10N2O4/c1-5-3-6(10)4-7(9(12)15-2)8(5)11(13)14/h3-4H,10H2,1-2H3. The number of nitrogens with two attached hydrogens (primary N) is 1. The first kappa shape index (κ1) is 11.0. The van der Waals surface area contributed by atoms with Crippen LogP contribution in [-0.2, 0) is 4.74 Å². The Morgan fingerprint density at radius 1 is 1.53 bits per heavy atom. The van der Waals surface area contributed by atoms with Crippen molar-refractivity contribution in [3.63, 3.8) is 0 Å². The lowest BCUT2D eigenvalue weighted by molar-refractivity contribution is -0.385. The number of nitrogen functional groups attached to an aromatic ring is 1. The summed E-state index contributed by atoms with van der Waals surface area (Å²) < 4.78 is 4.44. The van der Waals surface area contributed by atoms with E-state index in [2.05, 4.69) is 4.74 Å². The van der Waals surface area contributed by atoms with Gasteiger partial charge in [-0.3, -0.25) is 10.1 Å². The van der Waals surface area contributed by atoms with E-state index in [-0.39, 0.29) is 11.3 Å². The Kier molecular flexibility index (Phi) is 2.89. The molecule has 0 fully saturated rings. The second kappa shape index (κ2) is 3.95. The molecule has 0 bridgehead atoms. The third-order valence-electron chi connectivity index (χ3n) is 1.91. The molecule has 0 aliphatic heterocycles. The first-order valence-electron chi connectivity index (χ1n) is 4.10. The van der Waals surface area contributed by atoms with Crippen molar-refractivity contribution in [2.24, 2.45) is 0 Å². The van der Waals surface area contributed by atoms with E-state index < -0.39 is 10.9 Å². The van der Waals surface area contributed by atoms with E-state index in [0.717, 1.165) is 7.11 Å². The van der Waals surface area contributed by atoms with Gasteiger partial charge in [0.25, 0.3) is 5.69 Å². The molecule has 1 aromatic rings. The van der Waals surface area contributed by atoms with Crippen LogP contribution in [0.5, 0.6) is 0 Å². The number of carbonyl (C=O) groups is 1. The number of nitro groups is 1. The molecule has 0 spiro atoms. The average Bonchev–Trinajstić information content (AvgIpc) is 2.14. The number of ether oxygens (including phenoxy) is 1. The van der Waals surface area contributed by atoms with Crippen molar-refractivity contribution in [2.75, 3.05) is 12.8 Å². The number of carbonyl (C=O) groups excluding carboxylic acids is 1. The molecule has 0 amide bonds. The quantitative estimate of drug-likeness (QED) is 0.343. The van der Waals surface area contributed by atoms with Gasteiger partial charge in [0.2, 0.25) is 0 Å². The van der Waals surface area contributed by atoms with Crippen LogP contribution in [0.25, 0.3) is 0 Å². The third kappa shape index (κ3) is 2.04. The zero-order valence-corrected chi connectivity index (χ0v) is 8.31. The van der Waals surface area contributed by atoms with Crippen LogP contribution in [-0.4, -0.2) is 18.0 Å². The number of methoxy groups -OCH3 is 1. The van der Waals surface area contributed by atoms with Crippen LogP contribution in [0.3, 0.4) is 0 Å². The summed E-state index contributed by atoms with van der Waals surface area (Å²) in [5.74, 6) is -0.767. The Balaban J connectivity index is 3.46. The predicted molar refractivity (Wildman–Crippen MR) is 53.6 cm³/mol. The minimum atomic E-state index is -0.767. The molecular weight excluding hydrogens is 200 g/mol. The molecule has 0 saturated carbocycles. The number of esters is 1. The summed E-state index contributed by atoms with van der Waals surface area (Å²) in [5, 5.41) is 10.7. The van der Waals surface area contributed by atoms with Gasteiger partial charge in [0, 0.05) is 11.3 Å². The lowest BCUT2D eigenvalue weighted by atomic mass is 10.1. The number of hydrogen-bond acceptors (Lipinski definition) is 5. The van der Waals surface area contributed by atoms with Crippen molar-refractivity contribution >= 4 is 17.3 Å². The average molecular weight is 210 g/mol. The number of aryl methyl sites for hydroxylation is 1. The van der Waals surface area contributed by atoms with Gasteiger partial charge in [0.05, 0.1) is 12.0 Å². The highest BCUT2D eigenvalue weighted by Gasteiger charge is 2.23. The van der Waals surface area contributed by atoms with E-state index in [0.29, 0.717) is 11.3 Å². The van der Waals surface area contributed by atoms with Crippen molar-refractivity contribution in [3.8, 4) is 0 Å². The van der Waals surface area contributed by atoms with Gasteiger partial charge in [0.15, 0.2) is 0 Å². The number of nitrogens with zero attached hydrogens (tertiary/aromatic N) is 1. The molecule has 15 heavy (non-hydrogen) atoms. The highest BCUT2D eigenvalue weighted by atomic mass is 16.6. The number of benzene rings is 1. The van der Waals surface area contributed by atoms with E-state index in [1.54, 1.807) is 0 Å². The molecule has 6 nitrogen and oxygen atoms in total. The normalized spacial score (nSPS) is 9.73. The Bertz CT molecular complexity index is 428. The molecular formula is C9H10N2O4. The van der Waals surface area contributed by atoms with Crippen LogP contribution < -0.4 is 5.73 Å². The molecule has 0 atom stereocenters. The third-order valence-corrected chi connectivity index (χ3v) is 1.91. The smallest absolute Gasteiger partial charge is 0.344 e. The maximum absolute atomic E-state index is 11.3. The molecule has 0 heterocycles. The molecule has 1 rings (SSSR count). The second-order valence-electron chi connectivity index (χ2n) is 2.98. The SMILES string of the molecule is COC(=O)c1cc(N)cc(C)c1[N+](=O)[O-]. The molecule has 80 valence electrons. The molecule has 0 aliphatic carbocycles. The van der Waals surface area contributed by atoms with Crippen molar-refractivity contribution in [1.82, 2.24) is 0 Å². The molecule has 0 saturated heterocycles. The maximum Gasteiger partial charge on any atom is 0.344 e. The summed E-state index contributed by atoms with van der Waals surface area (Å²) in [6.45, 7) is 1.51. The molecule has 0 unspecified atom stereocenters. The highest BCUT2D eigenvalue weighted by Crippen LogP contribution is 2.26. The number of nitro benzene ring substituents is 1. The first-order valence-corrected chi connectivity index (χ1v) is 4.10. The Labute approximate surface area is 85.8 Å². The predicted octanol–water partition coefficient (Wildman–Crippen LogP) is 1.27. The van der Waals surface area contributed by atoms with E-state index in [9.17, 15) is 14.9 Å². The van der Waals surface area contributed by atoms with E-state index in [4.69, 9.17) is 5.73 Å². The topological polar surface area (TPSA) is 95.5 Å². The largest absolute Gasteiger partial charge is 0.465 e. The van der Waals surface area contributed by atoms with Gasteiger partial charge >= 0.3 is 5.97 Å². The van der Waals surface area contributed by atoms with Crippen LogP contribution in [0, 0.1) is 17.0 Å². The Morgan fingerprint density at radius 3 is 2.60 bits per heavy atom. The monoisotopic (exact) mass is 210 g/mol. The van der Waals surface area contributed by atoms with Gasteiger partial charge in [-0.25, -0.2) is 4.79 Å². The zero-order chi connectivity index (χ0) is 11.6. The molecule has 0 aromatic heterocycles. The van der Waals surface area contributed by atoms with Crippen LogP contribution >= 0.6 is 0 Å². The van der Waals surface area contributed by atoms with Crippen molar-refractivity contribution in [3.05, 3.63) is 33.4 Å². The van der Waals surface area contributed by atoms with E-state index in [1.165, 1.54) is 19.1 Å². The van der Waals surface area contributed by atoms with Gasteiger partial charge in [-0.1, -0.05) is 0 Å². The van der Waals surface area contributed by atoms with Crippen LogP contribution in [0.1, 0.15) is 15.9 Å². The molecule has 1 aromatic carbocycles. The summed E-state index contributed by atoms with van der Waals surface area (Å²) in [5.41, 5.74) is 5.72. The maximum atomic E-state index is 11.3. The number of rotatable bonds is 2. The van der Waals surface area contributed by atoms with Gasteiger partial charge in [-0.2, -0.15) is 0 Å². The summed E-state index contributed by atoms with van der Waals surface area (Å²) in [6.07, 6.45) is 0. The van der Waals surface area contributed by atoms with Crippen molar-refractivity contribution in [1.29, 1.82) is 0 Å². The number of anilines is 1. The van der Waals surface area contributed by atoms with Gasteiger partial charge in [-0.15, -0.1) is 0 Å². The molecule has 2 N–H and O–H groups in total. The zero-order valence-electron chi connectivity index (χ0n) is 8.31. The second-order valence-corrected chi connectivity index (χ2v) is 2.98.